The largest absolute Gasteiger partial charge is 0.491 e. The molecule has 0 spiro atoms. The molecule has 1 aliphatic rings. The fraction of sp³-hybridized carbons (Fsp3) is 0.333. The molecule has 1 aliphatic heterocycles. The molecule has 1 heterocycles. The van der Waals surface area contributed by atoms with Crippen LogP contribution in [0.15, 0.2) is 53.7 Å². The van der Waals surface area contributed by atoms with Crippen molar-refractivity contribution >= 4 is 15.9 Å². The summed E-state index contributed by atoms with van der Waals surface area (Å²) in [4.78, 5) is 0. The van der Waals surface area contributed by atoms with E-state index in [1.165, 1.54) is 5.56 Å². The Morgan fingerprint density at radius 1 is 1.35 bits per heavy atom. The van der Waals surface area contributed by atoms with E-state index in [-0.39, 0.29) is 5.60 Å². The molecule has 1 saturated heterocycles. The molecule has 90 valence electrons. The Morgan fingerprint density at radius 2 is 2.00 bits per heavy atom. The second-order valence-corrected chi connectivity index (χ2v) is 5.80. The Morgan fingerprint density at radius 3 is 2.53 bits per heavy atom. The van der Waals surface area contributed by atoms with E-state index in [4.69, 9.17) is 4.74 Å². The molecule has 0 radical (unpaired) electrons. The second kappa shape index (κ2) is 5.09. The highest BCUT2D eigenvalue weighted by Gasteiger charge is 2.41. The monoisotopic (exact) mass is 292 g/mol. The highest BCUT2D eigenvalue weighted by atomic mass is 79.9. The summed E-state index contributed by atoms with van der Waals surface area (Å²) >= 11 is 3.41. The first-order chi connectivity index (χ1) is 8.10. The molecule has 1 aromatic carbocycles. The van der Waals surface area contributed by atoms with Gasteiger partial charge in [0.25, 0.3) is 0 Å². The molecule has 0 saturated carbocycles. The van der Waals surface area contributed by atoms with Crippen LogP contribution in [-0.4, -0.2) is 5.60 Å². The van der Waals surface area contributed by atoms with Crippen molar-refractivity contribution in [3.63, 3.8) is 0 Å². The zero-order valence-electron chi connectivity index (χ0n) is 9.92. The smallest absolute Gasteiger partial charge is 0.120 e. The van der Waals surface area contributed by atoms with E-state index in [1.54, 1.807) is 0 Å². The lowest BCUT2D eigenvalue weighted by Gasteiger charge is -2.44. The molecule has 1 aromatic rings. The molecule has 0 bridgehead atoms. The molecule has 0 amide bonds. The third-order valence-electron chi connectivity index (χ3n) is 3.10. The van der Waals surface area contributed by atoms with E-state index in [0.717, 1.165) is 35.9 Å². The van der Waals surface area contributed by atoms with Gasteiger partial charge in [-0.15, -0.1) is 0 Å². The van der Waals surface area contributed by atoms with Crippen LogP contribution in [0.1, 0.15) is 24.8 Å². The third kappa shape index (κ3) is 3.22. The van der Waals surface area contributed by atoms with Gasteiger partial charge in [0.1, 0.15) is 5.60 Å². The van der Waals surface area contributed by atoms with Crippen molar-refractivity contribution in [3.05, 3.63) is 59.3 Å². The van der Waals surface area contributed by atoms with Crippen LogP contribution in [0.3, 0.4) is 0 Å². The lowest BCUT2D eigenvalue weighted by Crippen LogP contribution is -2.43. The highest BCUT2D eigenvalue weighted by molar-refractivity contribution is 9.11. The van der Waals surface area contributed by atoms with Crippen LogP contribution in [0, 0.1) is 0 Å². The first-order valence-electron chi connectivity index (χ1n) is 5.84. The van der Waals surface area contributed by atoms with Crippen LogP contribution in [0.25, 0.3) is 0 Å². The van der Waals surface area contributed by atoms with Gasteiger partial charge in [0, 0.05) is 12.8 Å². The van der Waals surface area contributed by atoms with Crippen LogP contribution in [-0.2, 0) is 11.2 Å². The van der Waals surface area contributed by atoms with Gasteiger partial charge in [0.15, 0.2) is 0 Å². The Kier molecular flexibility index (Phi) is 3.72. The van der Waals surface area contributed by atoms with Gasteiger partial charge in [-0.25, -0.2) is 0 Å². The standard InChI is InChI=1S/C15H17BrO/c1-12(16)8-9-15(10-13(2)17-15)11-14-6-4-3-5-7-14/h3-7H,1-2,8-11H2. The van der Waals surface area contributed by atoms with Gasteiger partial charge in [-0.3, -0.25) is 0 Å². The Labute approximate surface area is 111 Å². The molecule has 1 unspecified atom stereocenters. The molecule has 0 aliphatic carbocycles. The van der Waals surface area contributed by atoms with Gasteiger partial charge < -0.3 is 4.74 Å². The van der Waals surface area contributed by atoms with Crippen molar-refractivity contribution in [2.75, 3.05) is 0 Å². The topological polar surface area (TPSA) is 9.23 Å². The third-order valence-corrected chi connectivity index (χ3v) is 3.50. The highest BCUT2D eigenvalue weighted by Crippen LogP contribution is 2.42. The van der Waals surface area contributed by atoms with Gasteiger partial charge >= 0.3 is 0 Å². The Balaban J connectivity index is 2.02. The molecule has 0 N–H and O–H groups in total. The average Bonchev–Trinajstić information content (AvgIpc) is 2.25. The number of allylic oxidation sites excluding steroid dienone is 1. The van der Waals surface area contributed by atoms with Gasteiger partial charge in [-0.2, -0.15) is 0 Å². The maximum atomic E-state index is 5.82. The van der Waals surface area contributed by atoms with Crippen LogP contribution >= 0.6 is 15.9 Å². The number of hydrogen-bond donors (Lipinski definition) is 0. The predicted octanol–water partition coefficient (Wildman–Crippen LogP) is 4.59. The zero-order valence-corrected chi connectivity index (χ0v) is 11.5. The number of rotatable bonds is 5. The maximum absolute atomic E-state index is 5.82. The molecule has 2 heteroatoms. The fourth-order valence-electron chi connectivity index (χ4n) is 2.31. The number of hydrogen-bond acceptors (Lipinski definition) is 1. The normalized spacial score (nSPS) is 22.8. The summed E-state index contributed by atoms with van der Waals surface area (Å²) in [7, 11) is 0. The minimum Gasteiger partial charge on any atom is -0.491 e. The molecule has 0 aromatic heterocycles. The van der Waals surface area contributed by atoms with Crippen molar-refractivity contribution in [3.8, 4) is 0 Å². The first-order valence-corrected chi connectivity index (χ1v) is 6.63. The van der Waals surface area contributed by atoms with E-state index in [0.29, 0.717) is 0 Å². The first kappa shape index (κ1) is 12.4. The molecular weight excluding hydrogens is 276 g/mol. The number of ether oxygens (including phenoxy) is 1. The van der Waals surface area contributed by atoms with E-state index >= 15 is 0 Å². The van der Waals surface area contributed by atoms with Crippen molar-refractivity contribution in [1.29, 1.82) is 0 Å². The molecule has 17 heavy (non-hydrogen) atoms. The van der Waals surface area contributed by atoms with Crippen LogP contribution in [0.4, 0.5) is 0 Å². The van der Waals surface area contributed by atoms with Crippen LogP contribution < -0.4 is 0 Å². The van der Waals surface area contributed by atoms with Crippen LogP contribution in [0.5, 0.6) is 0 Å². The van der Waals surface area contributed by atoms with Gasteiger partial charge in [-0.05, 0) is 22.9 Å². The van der Waals surface area contributed by atoms with Crippen molar-refractivity contribution in [2.24, 2.45) is 0 Å². The Hall–Kier alpha value is -1.02. The lowest BCUT2D eigenvalue weighted by atomic mass is 9.82. The van der Waals surface area contributed by atoms with E-state index in [1.807, 2.05) is 6.07 Å². The summed E-state index contributed by atoms with van der Waals surface area (Å²) in [6.07, 6.45) is 3.85. The van der Waals surface area contributed by atoms with Crippen molar-refractivity contribution < 1.29 is 4.74 Å². The predicted molar refractivity (Wildman–Crippen MR) is 75.0 cm³/mol. The summed E-state index contributed by atoms with van der Waals surface area (Å²) in [5.41, 5.74) is 1.26. The van der Waals surface area contributed by atoms with Crippen molar-refractivity contribution in [1.82, 2.24) is 0 Å². The van der Waals surface area contributed by atoms with E-state index < -0.39 is 0 Å². The lowest BCUT2D eigenvalue weighted by molar-refractivity contribution is -0.0905. The minimum absolute atomic E-state index is 0.0604. The van der Waals surface area contributed by atoms with Crippen molar-refractivity contribution in [2.45, 2.75) is 31.3 Å². The molecule has 1 fully saturated rings. The summed E-state index contributed by atoms with van der Waals surface area (Å²) in [5.74, 6) is 0.904. The molecule has 2 rings (SSSR count). The number of benzene rings is 1. The summed E-state index contributed by atoms with van der Waals surface area (Å²) < 4.78 is 6.86. The molecule has 1 atom stereocenters. The summed E-state index contributed by atoms with van der Waals surface area (Å²) in [5, 5.41) is 0. The number of halogens is 1. The summed E-state index contributed by atoms with van der Waals surface area (Å²) in [6.45, 7) is 7.75. The van der Waals surface area contributed by atoms with Gasteiger partial charge in [0.05, 0.1) is 5.76 Å². The molecular formula is C15H17BrO. The average molecular weight is 293 g/mol. The maximum Gasteiger partial charge on any atom is 0.120 e. The second-order valence-electron chi connectivity index (χ2n) is 4.68. The Bertz CT molecular complexity index is 414. The minimum atomic E-state index is -0.0604. The van der Waals surface area contributed by atoms with Crippen LogP contribution in [0.2, 0.25) is 0 Å². The van der Waals surface area contributed by atoms with Gasteiger partial charge in [-0.1, -0.05) is 59.4 Å². The van der Waals surface area contributed by atoms with Gasteiger partial charge in [0.2, 0.25) is 0 Å². The SMILES string of the molecule is C=C(Br)CCC1(Cc2ccccc2)CC(=C)O1. The summed E-state index contributed by atoms with van der Waals surface area (Å²) in [6, 6.07) is 10.5. The van der Waals surface area contributed by atoms with E-state index in [2.05, 4.69) is 53.4 Å². The zero-order chi connectivity index (χ0) is 12.3. The quantitative estimate of drug-likeness (QED) is 0.771. The van der Waals surface area contributed by atoms with E-state index in [9.17, 15) is 0 Å². The molecule has 1 nitrogen and oxygen atoms in total. The fourth-order valence-corrected chi connectivity index (χ4v) is 2.51.